The molecular formula is C16H20FN3O2. The third-order valence-corrected chi connectivity index (χ3v) is 4.43. The monoisotopic (exact) mass is 305 g/mol. The highest BCUT2D eigenvalue weighted by Gasteiger charge is 2.27. The molecule has 1 aliphatic heterocycles. The lowest BCUT2D eigenvalue weighted by Gasteiger charge is -2.29. The second-order valence-electron chi connectivity index (χ2n) is 6.19. The molecule has 0 aromatic carbocycles. The van der Waals surface area contributed by atoms with Crippen LogP contribution in [0.5, 0.6) is 0 Å². The van der Waals surface area contributed by atoms with Gasteiger partial charge in [0.25, 0.3) is 0 Å². The molecule has 1 amide bonds. The van der Waals surface area contributed by atoms with E-state index in [0.29, 0.717) is 43.1 Å². The highest BCUT2D eigenvalue weighted by atomic mass is 19.1. The number of likely N-dealkylation sites (tertiary alicyclic amines) is 1. The number of carboxylic acid groups (broad SMARTS) is 1. The molecule has 1 fully saturated rings. The van der Waals surface area contributed by atoms with Crippen molar-refractivity contribution in [3.8, 4) is 0 Å². The van der Waals surface area contributed by atoms with E-state index in [-0.39, 0.29) is 11.7 Å². The van der Waals surface area contributed by atoms with Crippen molar-refractivity contribution in [2.24, 2.45) is 0 Å². The second-order valence-corrected chi connectivity index (χ2v) is 6.19. The van der Waals surface area contributed by atoms with E-state index >= 15 is 0 Å². The number of amides is 1. The Morgan fingerprint density at radius 2 is 2.14 bits per heavy atom. The van der Waals surface area contributed by atoms with E-state index in [2.05, 4.69) is 23.8 Å². The Morgan fingerprint density at radius 3 is 2.73 bits per heavy atom. The summed E-state index contributed by atoms with van der Waals surface area (Å²) in [5.41, 5.74) is 3.10. The number of halogens is 1. The van der Waals surface area contributed by atoms with Crippen molar-refractivity contribution in [1.82, 2.24) is 14.9 Å². The van der Waals surface area contributed by atoms with E-state index < -0.39 is 6.09 Å². The lowest BCUT2D eigenvalue weighted by Crippen LogP contribution is -2.37. The van der Waals surface area contributed by atoms with Crippen molar-refractivity contribution in [2.75, 3.05) is 13.1 Å². The molecule has 0 atom stereocenters. The first-order valence-electron chi connectivity index (χ1n) is 7.62. The van der Waals surface area contributed by atoms with Gasteiger partial charge in [-0.1, -0.05) is 13.8 Å². The topological polar surface area (TPSA) is 69.2 Å². The van der Waals surface area contributed by atoms with Crippen LogP contribution in [0.15, 0.2) is 12.3 Å². The molecule has 6 heteroatoms. The number of nitrogens with one attached hydrogen (secondary N) is 1. The Morgan fingerprint density at radius 1 is 1.45 bits per heavy atom. The van der Waals surface area contributed by atoms with Crippen LogP contribution in [0.1, 0.15) is 49.8 Å². The Kier molecular flexibility index (Phi) is 3.76. The van der Waals surface area contributed by atoms with E-state index in [4.69, 9.17) is 5.11 Å². The number of hydrogen-bond acceptors (Lipinski definition) is 2. The number of nitrogens with zero attached hydrogens (tertiary/aromatic N) is 2. The summed E-state index contributed by atoms with van der Waals surface area (Å²) in [7, 11) is 0. The van der Waals surface area contributed by atoms with E-state index in [1.807, 2.05) is 6.20 Å². The number of fused-ring (bicyclic) bond motifs is 1. The van der Waals surface area contributed by atoms with Crippen LogP contribution in [0.25, 0.3) is 11.0 Å². The van der Waals surface area contributed by atoms with Gasteiger partial charge >= 0.3 is 6.09 Å². The first-order chi connectivity index (χ1) is 10.5. The normalized spacial score (nSPS) is 16.6. The van der Waals surface area contributed by atoms with Gasteiger partial charge in [0.1, 0.15) is 5.82 Å². The predicted octanol–water partition coefficient (Wildman–Crippen LogP) is 3.68. The molecule has 0 bridgehead atoms. The van der Waals surface area contributed by atoms with Gasteiger partial charge in [0.05, 0.1) is 16.7 Å². The molecule has 0 saturated carbocycles. The summed E-state index contributed by atoms with van der Waals surface area (Å²) in [6.45, 7) is 5.03. The quantitative estimate of drug-likeness (QED) is 0.889. The van der Waals surface area contributed by atoms with Crippen molar-refractivity contribution in [1.29, 1.82) is 0 Å². The van der Waals surface area contributed by atoms with Crippen LogP contribution >= 0.6 is 0 Å². The van der Waals surface area contributed by atoms with Crippen LogP contribution in [0, 0.1) is 5.82 Å². The summed E-state index contributed by atoms with van der Waals surface area (Å²) in [6.07, 6.45) is 2.21. The van der Waals surface area contributed by atoms with Crippen molar-refractivity contribution >= 4 is 17.1 Å². The van der Waals surface area contributed by atoms with Gasteiger partial charge in [-0.2, -0.15) is 0 Å². The standard InChI is InChI=1S/C16H20FN3O2/c1-9(2)11-8-18-13-7-12(17)14(19-15(11)13)10-3-5-20(6-4-10)16(21)22/h7-10,18H,3-6H2,1-2H3,(H,21,22). The SMILES string of the molecule is CC(C)c1c[nH]c2cc(F)c(C3CCN(C(=O)O)CC3)nc12. The summed E-state index contributed by atoms with van der Waals surface area (Å²) in [5, 5.41) is 8.99. The third-order valence-electron chi connectivity index (χ3n) is 4.43. The number of H-pyrrole nitrogens is 1. The fourth-order valence-electron chi connectivity index (χ4n) is 3.13. The zero-order chi connectivity index (χ0) is 15.9. The van der Waals surface area contributed by atoms with E-state index in [0.717, 1.165) is 11.1 Å². The Bertz CT molecular complexity index is 703. The van der Waals surface area contributed by atoms with Crippen LogP contribution in [-0.4, -0.2) is 39.2 Å². The second kappa shape index (κ2) is 5.59. The molecule has 5 nitrogen and oxygen atoms in total. The summed E-state index contributed by atoms with van der Waals surface area (Å²) in [6, 6.07) is 1.51. The van der Waals surface area contributed by atoms with Crippen LogP contribution in [0.3, 0.4) is 0 Å². The summed E-state index contributed by atoms with van der Waals surface area (Å²) < 4.78 is 14.4. The third kappa shape index (κ3) is 2.53. The number of pyridine rings is 1. The Labute approximate surface area is 128 Å². The lowest BCUT2D eigenvalue weighted by atomic mass is 9.92. The fourth-order valence-corrected chi connectivity index (χ4v) is 3.13. The number of aromatic amines is 1. The molecule has 3 rings (SSSR count). The highest BCUT2D eigenvalue weighted by molar-refractivity contribution is 5.79. The van der Waals surface area contributed by atoms with Crippen LogP contribution in [0.2, 0.25) is 0 Å². The first kappa shape index (κ1) is 14.8. The molecule has 3 heterocycles. The molecule has 22 heavy (non-hydrogen) atoms. The smallest absolute Gasteiger partial charge is 0.407 e. The number of piperidine rings is 1. The lowest BCUT2D eigenvalue weighted by molar-refractivity contribution is 0.131. The number of aromatic nitrogens is 2. The molecular weight excluding hydrogens is 285 g/mol. The van der Waals surface area contributed by atoms with Crippen molar-refractivity contribution in [3.63, 3.8) is 0 Å². The van der Waals surface area contributed by atoms with Crippen LogP contribution < -0.4 is 0 Å². The highest BCUT2D eigenvalue weighted by Crippen LogP contribution is 2.32. The van der Waals surface area contributed by atoms with Gasteiger partial charge in [-0.25, -0.2) is 14.2 Å². The summed E-state index contributed by atoms with van der Waals surface area (Å²) in [4.78, 5) is 20.0. The minimum Gasteiger partial charge on any atom is -0.465 e. The van der Waals surface area contributed by atoms with Gasteiger partial charge in [0, 0.05) is 31.3 Å². The van der Waals surface area contributed by atoms with Gasteiger partial charge in [-0.15, -0.1) is 0 Å². The van der Waals surface area contributed by atoms with Crippen LogP contribution in [-0.2, 0) is 0 Å². The molecule has 2 N–H and O–H groups in total. The minimum absolute atomic E-state index is 0.0186. The average molecular weight is 305 g/mol. The molecule has 1 aliphatic rings. The maximum Gasteiger partial charge on any atom is 0.407 e. The fraction of sp³-hybridized carbons (Fsp3) is 0.500. The Balaban J connectivity index is 1.92. The van der Waals surface area contributed by atoms with E-state index in [9.17, 15) is 9.18 Å². The van der Waals surface area contributed by atoms with Gasteiger partial charge in [0.2, 0.25) is 0 Å². The van der Waals surface area contributed by atoms with Gasteiger partial charge < -0.3 is 15.0 Å². The largest absolute Gasteiger partial charge is 0.465 e. The van der Waals surface area contributed by atoms with E-state index in [1.54, 1.807) is 0 Å². The van der Waals surface area contributed by atoms with Gasteiger partial charge in [0.15, 0.2) is 0 Å². The molecule has 0 unspecified atom stereocenters. The van der Waals surface area contributed by atoms with Crippen molar-refractivity contribution in [3.05, 3.63) is 29.3 Å². The predicted molar refractivity (Wildman–Crippen MR) is 81.7 cm³/mol. The maximum atomic E-state index is 14.4. The molecule has 2 aromatic heterocycles. The van der Waals surface area contributed by atoms with Gasteiger partial charge in [-0.05, 0) is 24.3 Å². The Hall–Kier alpha value is -2.11. The number of carbonyl (C=O) groups is 1. The van der Waals surface area contributed by atoms with Crippen molar-refractivity contribution in [2.45, 2.75) is 38.5 Å². The summed E-state index contributed by atoms with van der Waals surface area (Å²) >= 11 is 0. The number of rotatable bonds is 2. The van der Waals surface area contributed by atoms with Crippen molar-refractivity contribution < 1.29 is 14.3 Å². The molecule has 0 radical (unpaired) electrons. The zero-order valence-electron chi connectivity index (χ0n) is 12.8. The number of hydrogen-bond donors (Lipinski definition) is 2. The molecule has 118 valence electrons. The zero-order valence-corrected chi connectivity index (χ0v) is 12.8. The molecule has 1 saturated heterocycles. The maximum absolute atomic E-state index is 14.4. The van der Waals surface area contributed by atoms with Gasteiger partial charge in [-0.3, -0.25) is 0 Å². The molecule has 0 aliphatic carbocycles. The van der Waals surface area contributed by atoms with E-state index in [1.165, 1.54) is 11.0 Å². The molecule has 2 aromatic rings. The summed E-state index contributed by atoms with van der Waals surface area (Å²) in [5.74, 6) is -0.0123. The first-order valence-corrected chi connectivity index (χ1v) is 7.62. The minimum atomic E-state index is -0.907. The average Bonchev–Trinajstić information content (AvgIpc) is 2.89. The molecule has 0 spiro atoms. The van der Waals surface area contributed by atoms with Crippen LogP contribution in [0.4, 0.5) is 9.18 Å².